The van der Waals surface area contributed by atoms with Crippen molar-refractivity contribution >= 4 is 17.7 Å². The molecule has 0 heterocycles. The number of carbonyl (C=O) groups excluding carboxylic acids is 1. The van der Waals surface area contributed by atoms with E-state index in [4.69, 9.17) is 4.74 Å². The number of hydrogen-bond acceptors (Lipinski definition) is 3. The van der Waals surface area contributed by atoms with Crippen molar-refractivity contribution < 1.29 is 9.53 Å². The van der Waals surface area contributed by atoms with Crippen LogP contribution in [0.2, 0.25) is 0 Å². The lowest BCUT2D eigenvalue weighted by molar-refractivity contribution is 0.0940. The fourth-order valence-electron chi connectivity index (χ4n) is 3.12. The largest absolute Gasteiger partial charge is 0.493 e. The standard InChI is InChI=1S/C25H27NO2S/c1-18-9-10-19(2)24(17-18)20(3)26-25(27)21-11-13-22(14-12-21)28-15-16-29-23-7-5-4-6-8-23/h4-14,17,20H,15-16H2,1-3H3,(H,26,27). The zero-order chi connectivity index (χ0) is 20.6. The maximum atomic E-state index is 12.6. The molecule has 3 rings (SSSR count). The van der Waals surface area contributed by atoms with Gasteiger partial charge in [0.15, 0.2) is 0 Å². The molecule has 0 aliphatic heterocycles. The molecule has 0 fully saturated rings. The van der Waals surface area contributed by atoms with Gasteiger partial charge in [0.2, 0.25) is 0 Å². The average molecular weight is 406 g/mol. The number of benzene rings is 3. The molecular formula is C25H27NO2S. The van der Waals surface area contributed by atoms with E-state index in [2.05, 4.69) is 49.5 Å². The molecule has 1 amide bonds. The predicted octanol–water partition coefficient (Wildman–Crippen LogP) is 5.97. The van der Waals surface area contributed by atoms with Crippen LogP contribution in [0, 0.1) is 13.8 Å². The van der Waals surface area contributed by atoms with Crippen LogP contribution in [-0.4, -0.2) is 18.3 Å². The SMILES string of the molecule is Cc1ccc(C)c(C(C)NC(=O)c2ccc(OCCSc3ccccc3)cc2)c1. The van der Waals surface area contributed by atoms with E-state index in [0.717, 1.165) is 17.1 Å². The summed E-state index contributed by atoms with van der Waals surface area (Å²) in [5.74, 6) is 1.57. The van der Waals surface area contributed by atoms with Gasteiger partial charge in [-0.15, -0.1) is 11.8 Å². The molecule has 3 nitrogen and oxygen atoms in total. The van der Waals surface area contributed by atoms with Crippen LogP contribution in [-0.2, 0) is 0 Å². The second-order valence-corrected chi connectivity index (χ2v) is 8.26. The number of ether oxygens (including phenoxy) is 1. The molecule has 0 bridgehead atoms. The molecule has 150 valence electrons. The summed E-state index contributed by atoms with van der Waals surface area (Å²) in [6.07, 6.45) is 0. The van der Waals surface area contributed by atoms with Gasteiger partial charge in [0.05, 0.1) is 12.6 Å². The molecule has 4 heteroatoms. The number of nitrogens with one attached hydrogen (secondary N) is 1. The molecule has 1 unspecified atom stereocenters. The zero-order valence-corrected chi connectivity index (χ0v) is 18.0. The molecule has 3 aromatic carbocycles. The summed E-state index contributed by atoms with van der Waals surface area (Å²) >= 11 is 1.77. The Hall–Kier alpha value is -2.72. The Bertz CT molecular complexity index is 939. The Morgan fingerprint density at radius 1 is 1.00 bits per heavy atom. The van der Waals surface area contributed by atoms with E-state index in [0.29, 0.717) is 12.2 Å². The minimum atomic E-state index is -0.0791. The van der Waals surface area contributed by atoms with Gasteiger partial charge in [0.25, 0.3) is 5.91 Å². The lowest BCUT2D eigenvalue weighted by Crippen LogP contribution is -2.27. The molecule has 0 aliphatic carbocycles. The van der Waals surface area contributed by atoms with Gasteiger partial charge in [0, 0.05) is 16.2 Å². The second kappa shape index (κ2) is 10.2. The molecule has 0 saturated carbocycles. The number of hydrogen-bond donors (Lipinski definition) is 1. The maximum absolute atomic E-state index is 12.6. The second-order valence-electron chi connectivity index (χ2n) is 7.09. The van der Waals surface area contributed by atoms with Gasteiger partial charge < -0.3 is 10.1 Å². The molecule has 0 spiro atoms. The third kappa shape index (κ3) is 6.13. The van der Waals surface area contributed by atoms with Crippen LogP contribution in [0.3, 0.4) is 0 Å². The van der Waals surface area contributed by atoms with Crippen molar-refractivity contribution in [3.05, 3.63) is 95.1 Å². The Labute approximate surface area is 177 Å². The summed E-state index contributed by atoms with van der Waals surface area (Å²) in [6, 6.07) is 23.9. The fourth-order valence-corrected chi connectivity index (χ4v) is 3.87. The fraction of sp³-hybridized carbons (Fsp3) is 0.240. The topological polar surface area (TPSA) is 38.3 Å². The molecule has 0 radical (unpaired) electrons. The number of aryl methyl sites for hydroxylation is 2. The van der Waals surface area contributed by atoms with E-state index in [-0.39, 0.29) is 11.9 Å². The number of amides is 1. The van der Waals surface area contributed by atoms with Crippen LogP contribution in [0.25, 0.3) is 0 Å². The van der Waals surface area contributed by atoms with E-state index >= 15 is 0 Å². The third-order valence-corrected chi connectivity index (χ3v) is 5.71. The predicted molar refractivity (Wildman–Crippen MR) is 121 cm³/mol. The van der Waals surface area contributed by atoms with Gasteiger partial charge in [0.1, 0.15) is 5.75 Å². The summed E-state index contributed by atoms with van der Waals surface area (Å²) in [6.45, 7) is 6.77. The van der Waals surface area contributed by atoms with Crippen molar-refractivity contribution in [3.63, 3.8) is 0 Å². The van der Waals surface area contributed by atoms with Gasteiger partial charge in [-0.2, -0.15) is 0 Å². The Kier molecular flexibility index (Phi) is 7.36. The molecule has 29 heavy (non-hydrogen) atoms. The van der Waals surface area contributed by atoms with E-state index < -0.39 is 0 Å². The van der Waals surface area contributed by atoms with Gasteiger partial charge >= 0.3 is 0 Å². The highest BCUT2D eigenvalue weighted by Gasteiger charge is 2.13. The minimum Gasteiger partial charge on any atom is -0.493 e. The molecule has 0 aromatic heterocycles. The first-order valence-corrected chi connectivity index (χ1v) is 10.8. The summed E-state index contributed by atoms with van der Waals surface area (Å²) in [7, 11) is 0. The van der Waals surface area contributed by atoms with E-state index in [9.17, 15) is 4.79 Å². The number of thioether (sulfide) groups is 1. The summed E-state index contributed by atoms with van der Waals surface area (Å²) in [4.78, 5) is 13.8. The molecule has 1 N–H and O–H groups in total. The highest BCUT2D eigenvalue weighted by molar-refractivity contribution is 7.99. The summed E-state index contributed by atoms with van der Waals surface area (Å²) in [5, 5.41) is 3.09. The maximum Gasteiger partial charge on any atom is 0.251 e. The first kappa shape index (κ1) is 21.0. The van der Waals surface area contributed by atoms with Gasteiger partial charge in [-0.1, -0.05) is 42.0 Å². The van der Waals surface area contributed by atoms with Gasteiger partial charge in [-0.05, 0) is 68.3 Å². The van der Waals surface area contributed by atoms with Crippen LogP contribution in [0.4, 0.5) is 0 Å². The van der Waals surface area contributed by atoms with Crippen LogP contribution in [0.15, 0.2) is 77.7 Å². The average Bonchev–Trinajstić information content (AvgIpc) is 2.74. The van der Waals surface area contributed by atoms with Gasteiger partial charge in [-0.3, -0.25) is 4.79 Å². The summed E-state index contributed by atoms with van der Waals surface area (Å²) in [5.41, 5.74) is 4.15. The lowest BCUT2D eigenvalue weighted by Gasteiger charge is -2.17. The number of carbonyl (C=O) groups is 1. The van der Waals surface area contributed by atoms with Crippen LogP contribution >= 0.6 is 11.8 Å². The van der Waals surface area contributed by atoms with Crippen molar-refractivity contribution in [3.8, 4) is 5.75 Å². The van der Waals surface area contributed by atoms with Gasteiger partial charge in [-0.25, -0.2) is 0 Å². The van der Waals surface area contributed by atoms with Crippen molar-refractivity contribution in [1.82, 2.24) is 5.32 Å². The third-order valence-electron chi connectivity index (χ3n) is 4.73. The van der Waals surface area contributed by atoms with Crippen LogP contribution in [0.1, 0.15) is 40.0 Å². The quantitative estimate of drug-likeness (QED) is 0.371. The molecule has 1 atom stereocenters. The number of rotatable bonds is 8. The van der Waals surface area contributed by atoms with E-state index in [1.54, 1.807) is 11.8 Å². The van der Waals surface area contributed by atoms with Crippen LogP contribution in [0.5, 0.6) is 5.75 Å². The Morgan fingerprint density at radius 2 is 1.72 bits per heavy atom. The lowest BCUT2D eigenvalue weighted by atomic mass is 10.00. The first-order chi connectivity index (χ1) is 14.0. The Balaban J connectivity index is 1.50. The van der Waals surface area contributed by atoms with E-state index in [1.165, 1.54) is 16.0 Å². The van der Waals surface area contributed by atoms with Crippen molar-refractivity contribution in [2.75, 3.05) is 12.4 Å². The zero-order valence-electron chi connectivity index (χ0n) is 17.1. The minimum absolute atomic E-state index is 0.0478. The monoisotopic (exact) mass is 405 g/mol. The molecular weight excluding hydrogens is 378 g/mol. The van der Waals surface area contributed by atoms with Crippen molar-refractivity contribution in [1.29, 1.82) is 0 Å². The smallest absolute Gasteiger partial charge is 0.251 e. The van der Waals surface area contributed by atoms with Crippen LogP contribution < -0.4 is 10.1 Å². The molecule has 0 aliphatic rings. The first-order valence-electron chi connectivity index (χ1n) is 9.81. The van der Waals surface area contributed by atoms with Crippen molar-refractivity contribution in [2.45, 2.75) is 31.7 Å². The van der Waals surface area contributed by atoms with Crippen molar-refractivity contribution in [2.24, 2.45) is 0 Å². The van der Waals surface area contributed by atoms with E-state index in [1.807, 2.05) is 49.4 Å². The molecule has 3 aromatic rings. The molecule has 0 saturated heterocycles. The highest BCUT2D eigenvalue weighted by atomic mass is 32.2. The highest BCUT2D eigenvalue weighted by Crippen LogP contribution is 2.21. The Morgan fingerprint density at radius 3 is 2.45 bits per heavy atom. The summed E-state index contributed by atoms with van der Waals surface area (Å²) < 4.78 is 5.79. The normalized spacial score (nSPS) is 11.7.